The van der Waals surface area contributed by atoms with Crippen LogP contribution in [0.4, 0.5) is 18.9 Å². The van der Waals surface area contributed by atoms with Gasteiger partial charge in [0.1, 0.15) is 10.7 Å². The number of anilines is 1. The Hall–Kier alpha value is -4.10. The molecule has 42 heavy (non-hydrogen) atoms. The maximum atomic E-state index is 13.2. The van der Waals surface area contributed by atoms with E-state index in [-0.39, 0.29) is 5.91 Å². The first-order valence-electron chi connectivity index (χ1n) is 13.1. The van der Waals surface area contributed by atoms with E-state index in [0.717, 1.165) is 28.4 Å². The van der Waals surface area contributed by atoms with Crippen molar-refractivity contribution in [1.82, 2.24) is 24.6 Å². The molecule has 1 fully saturated rings. The molecule has 5 aromatic rings. The first-order valence-corrected chi connectivity index (χ1v) is 15.0. The lowest BCUT2D eigenvalue weighted by atomic mass is 10.1. The van der Waals surface area contributed by atoms with Crippen molar-refractivity contribution in [3.8, 4) is 17.3 Å². The van der Waals surface area contributed by atoms with Crippen LogP contribution in [-0.2, 0) is 11.9 Å². The fraction of sp³-hybridized carbons (Fsp3) is 0.241. The SMILES string of the molecule is Cc1ccc(-n2c(SCc3nc(C(=O)N4CCN(c5cccc(C(F)(F)F)c5)CC4)cs3)nnc2-c2ccco2)cc1. The van der Waals surface area contributed by atoms with Gasteiger partial charge in [0.05, 0.1) is 17.6 Å². The molecule has 0 atom stereocenters. The minimum Gasteiger partial charge on any atom is -0.461 e. The number of carbonyl (C=O) groups excluding carboxylic acids is 1. The second kappa shape index (κ2) is 11.6. The minimum atomic E-state index is -4.40. The monoisotopic (exact) mass is 610 g/mol. The van der Waals surface area contributed by atoms with Gasteiger partial charge in [-0.25, -0.2) is 4.98 Å². The Kier molecular flexibility index (Phi) is 7.78. The summed E-state index contributed by atoms with van der Waals surface area (Å²) in [5, 5.41) is 12.0. The first-order chi connectivity index (χ1) is 20.3. The molecular formula is C29H25F3N6O2S2. The molecule has 4 heterocycles. The van der Waals surface area contributed by atoms with Gasteiger partial charge in [0, 0.05) is 42.9 Å². The van der Waals surface area contributed by atoms with Gasteiger partial charge in [-0.1, -0.05) is 35.5 Å². The second-order valence-electron chi connectivity index (χ2n) is 9.70. The number of thiazole rings is 1. The van der Waals surface area contributed by atoms with Crippen LogP contribution in [0, 0.1) is 6.92 Å². The third-order valence-corrected chi connectivity index (χ3v) is 8.84. The van der Waals surface area contributed by atoms with E-state index in [2.05, 4.69) is 15.2 Å². The molecular weight excluding hydrogens is 585 g/mol. The average molecular weight is 611 g/mol. The van der Waals surface area contributed by atoms with Crippen molar-refractivity contribution < 1.29 is 22.4 Å². The molecule has 1 saturated heterocycles. The Labute approximate surface area is 247 Å². The molecule has 3 aromatic heterocycles. The Morgan fingerprint density at radius 1 is 1.00 bits per heavy atom. The number of alkyl halides is 3. The molecule has 216 valence electrons. The summed E-state index contributed by atoms with van der Waals surface area (Å²) >= 11 is 2.86. The van der Waals surface area contributed by atoms with Crippen molar-refractivity contribution in [3.63, 3.8) is 0 Å². The summed E-state index contributed by atoms with van der Waals surface area (Å²) in [7, 11) is 0. The molecule has 2 aromatic carbocycles. The number of halogens is 3. The number of hydrogen-bond acceptors (Lipinski definition) is 8. The number of rotatable bonds is 7. The predicted molar refractivity (Wildman–Crippen MR) is 155 cm³/mol. The van der Waals surface area contributed by atoms with Crippen LogP contribution in [0.3, 0.4) is 0 Å². The average Bonchev–Trinajstić information content (AvgIpc) is 3.77. The highest BCUT2D eigenvalue weighted by atomic mass is 32.2. The van der Waals surface area contributed by atoms with Crippen LogP contribution in [0.15, 0.2) is 81.9 Å². The lowest BCUT2D eigenvalue weighted by molar-refractivity contribution is -0.137. The molecule has 13 heteroatoms. The van der Waals surface area contributed by atoms with Crippen LogP contribution in [0.25, 0.3) is 17.3 Å². The number of piperazine rings is 1. The zero-order valence-electron chi connectivity index (χ0n) is 22.4. The highest BCUT2D eigenvalue weighted by Crippen LogP contribution is 2.33. The van der Waals surface area contributed by atoms with Gasteiger partial charge >= 0.3 is 6.18 Å². The smallest absolute Gasteiger partial charge is 0.416 e. The topological polar surface area (TPSA) is 80.3 Å². The number of furan rings is 1. The summed E-state index contributed by atoms with van der Waals surface area (Å²) < 4.78 is 46.9. The van der Waals surface area contributed by atoms with Crippen LogP contribution < -0.4 is 4.90 Å². The summed E-state index contributed by atoms with van der Waals surface area (Å²) in [6.45, 7) is 3.69. The van der Waals surface area contributed by atoms with Crippen molar-refractivity contribution in [2.24, 2.45) is 0 Å². The molecule has 0 bridgehead atoms. The van der Waals surface area contributed by atoms with Gasteiger partial charge in [-0.2, -0.15) is 13.2 Å². The van der Waals surface area contributed by atoms with Crippen molar-refractivity contribution >= 4 is 34.7 Å². The number of aromatic nitrogens is 4. The van der Waals surface area contributed by atoms with Gasteiger partial charge in [-0.15, -0.1) is 21.5 Å². The van der Waals surface area contributed by atoms with Crippen LogP contribution in [0.5, 0.6) is 0 Å². The maximum Gasteiger partial charge on any atom is 0.416 e. The fourth-order valence-corrected chi connectivity index (χ4v) is 6.40. The summed E-state index contributed by atoms with van der Waals surface area (Å²) in [6, 6.07) is 17.0. The highest BCUT2D eigenvalue weighted by Gasteiger charge is 2.31. The van der Waals surface area contributed by atoms with E-state index >= 15 is 0 Å². The summed E-state index contributed by atoms with van der Waals surface area (Å²) in [5.41, 5.74) is 2.22. The van der Waals surface area contributed by atoms with Gasteiger partial charge in [-0.05, 0) is 49.4 Å². The Bertz CT molecular complexity index is 1670. The zero-order valence-corrected chi connectivity index (χ0v) is 24.0. The summed E-state index contributed by atoms with van der Waals surface area (Å²) in [6.07, 6.45) is -2.80. The van der Waals surface area contributed by atoms with Crippen LogP contribution >= 0.6 is 23.1 Å². The Balaban J connectivity index is 1.11. The largest absolute Gasteiger partial charge is 0.461 e. The molecule has 0 radical (unpaired) electrons. The number of aryl methyl sites for hydroxylation is 1. The van der Waals surface area contributed by atoms with Gasteiger partial charge < -0.3 is 14.2 Å². The first kappa shape index (κ1) is 28.0. The van der Waals surface area contributed by atoms with E-state index in [9.17, 15) is 18.0 Å². The summed E-state index contributed by atoms with van der Waals surface area (Å²) in [4.78, 5) is 21.3. The molecule has 0 N–H and O–H groups in total. The van der Waals surface area contributed by atoms with E-state index < -0.39 is 11.7 Å². The molecule has 8 nitrogen and oxygen atoms in total. The van der Waals surface area contributed by atoms with E-state index in [1.165, 1.54) is 29.2 Å². The lowest BCUT2D eigenvalue weighted by Gasteiger charge is -2.36. The van der Waals surface area contributed by atoms with Gasteiger partial charge in [0.25, 0.3) is 5.91 Å². The van der Waals surface area contributed by atoms with Gasteiger partial charge in [-0.3, -0.25) is 9.36 Å². The number of hydrogen-bond donors (Lipinski definition) is 0. The predicted octanol–water partition coefficient (Wildman–Crippen LogP) is 6.57. The van der Waals surface area contributed by atoms with Crippen LogP contribution in [0.2, 0.25) is 0 Å². The standard InChI is InChI=1S/C29H25F3N6O2S2/c1-19-7-9-21(10-8-19)38-26(24-6-3-15-40-24)34-35-28(38)42-18-25-33-23(17-41-25)27(39)37-13-11-36(12-14-37)22-5-2-4-20(16-22)29(30,31)32/h2-10,15-17H,11-14,18H2,1H3. The molecule has 1 amide bonds. The second-order valence-corrected chi connectivity index (χ2v) is 11.6. The fourth-order valence-electron chi connectivity index (χ4n) is 4.67. The number of benzene rings is 2. The van der Waals surface area contributed by atoms with Crippen LogP contribution in [0.1, 0.15) is 26.6 Å². The molecule has 1 aliphatic heterocycles. The molecule has 1 aliphatic rings. The number of carbonyl (C=O) groups is 1. The molecule has 0 saturated carbocycles. The van der Waals surface area contributed by atoms with E-state index in [1.807, 2.05) is 46.7 Å². The highest BCUT2D eigenvalue weighted by molar-refractivity contribution is 7.98. The quantitative estimate of drug-likeness (QED) is 0.193. The Morgan fingerprint density at radius 3 is 2.50 bits per heavy atom. The van der Waals surface area contributed by atoms with E-state index in [0.29, 0.717) is 60.1 Å². The molecule has 6 rings (SSSR count). The van der Waals surface area contributed by atoms with Crippen LogP contribution in [-0.4, -0.2) is 56.7 Å². The Morgan fingerprint density at radius 2 is 1.79 bits per heavy atom. The van der Waals surface area contributed by atoms with E-state index in [4.69, 9.17) is 4.42 Å². The third kappa shape index (κ3) is 5.93. The van der Waals surface area contributed by atoms with Gasteiger partial charge in [0.2, 0.25) is 5.82 Å². The van der Waals surface area contributed by atoms with Crippen molar-refractivity contribution in [2.75, 3.05) is 31.1 Å². The normalized spacial score (nSPS) is 14.0. The number of amides is 1. The zero-order chi connectivity index (χ0) is 29.3. The minimum absolute atomic E-state index is 0.186. The molecule has 0 unspecified atom stereocenters. The number of thioether (sulfide) groups is 1. The number of nitrogens with zero attached hydrogens (tertiary/aromatic N) is 6. The molecule has 0 spiro atoms. The molecule has 0 aliphatic carbocycles. The maximum absolute atomic E-state index is 13.2. The third-order valence-electron chi connectivity index (χ3n) is 6.87. The van der Waals surface area contributed by atoms with Crippen molar-refractivity contribution in [1.29, 1.82) is 0 Å². The summed E-state index contributed by atoms with van der Waals surface area (Å²) in [5.74, 6) is 1.49. The van der Waals surface area contributed by atoms with Gasteiger partial charge in [0.15, 0.2) is 10.9 Å². The van der Waals surface area contributed by atoms with Crippen molar-refractivity contribution in [3.05, 3.63) is 94.1 Å². The lowest BCUT2D eigenvalue weighted by Crippen LogP contribution is -2.49. The van der Waals surface area contributed by atoms with E-state index in [1.54, 1.807) is 28.7 Å². The van der Waals surface area contributed by atoms with Crippen molar-refractivity contribution in [2.45, 2.75) is 24.0 Å².